The topological polar surface area (TPSA) is 101 Å². The van der Waals surface area contributed by atoms with Crippen molar-refractivity contribution < 1.29 is 4.79 Å². The predicted octanol–water partition coefficient (Wildman–Crippen LogP) is 2.23. The lowest BCUT2D eigenvalue weighted by atomic mass is 10.3. The number of aromatic nitrogens is 2. The quantitative estimate of drug-likeness (QED) is 0.567. The van der Waals surface area contributed by atoms with Crippen LogP contribution in [-0.2, 0) is 4.79 Å². The number of amides is 1. The average molecular weight is 369 g/mol. The number of hydrogen-bond donors (Lipinski definition) is 3. The van der Waals surface area contributed by atoms with Crippen LogP contribution in [0.2, 0.25) is 0 Å². The maximum absolute atomic E-state index is 12.1. The van der Waals surface area contributed by atoms with Gasteiger partial charge in [0.2, 0.25) is 5.91 Å². The molecule has 6 nitrogen and oxygen atoms in total. The minimum absolute atomic E-state index is 0.127. The highest BCUT2D eigenvalue weighted by Gasteiger charge is 2.16. The molecule has 0 bridgehead atoms. The standard InChI is InChI=1S/C13H13BrN4O2S/c1-7(21-13-17-10(15)6-11(19)18-13)12(20)16-9-4-2-8(14)3-5-9/h2-7H,1H3,(H,16,20)(H3,15,17,18,19). The van der Waals surface area contributed by atoms with Gasteiger partial charge in [-0.15, -0.1) is 0 Å². The minimum Gasteiger partial charge on any atom is -0.383 e. The first-order valence-electron chi connectivity index (χ1n) is 6.04. The molecule has 1 unspecified atom stereocenters. The van der Waals surface area contributed by atoms with Crippen molar-refractivity contribution in [3.8, 4) is 0 Å². The van der Waals surface area contributed by atoms with Crippen LogP contribution in [0.15, 0.2) is 44.8 Å². The van der Waals surface area contributed by atoms with Gasteiger partial charge in [-0.25, -0.2) is 4.98 Å². The van der Waals surface area contributed by atoms with Gasteiger partial charge in [0.25, 0.3) is 5.56 Å². The summed E-state index contributed by atoms with van der Waals surface area (Å²) in [6.45, 7) is 1.72. The van der Waals surface area contributed by atoms with Crippen molar-refractivity contribution in [2.45, 2.75) is 17.3 Å². The van der Waals surface area contributed by atoms with Crippen molar-refractivity contribution in [1.29, 1.82) is 0 Å². The second-order valence-corrected chi connectivity index (χ2v) is 6.48. The van der Waals surface area contributed by atoms with Crippen LogP contribution < -0.4 is 16.6 Å². The molecule has 2 aromatic rings. The Bertz CT molecular complexity index is 702. The summed E-state index contributed by atoms with van der Waals surface area (Å²) in [5.74, 6) is -0.0610. The van der Waals surface area contributed by atoms with Gasteiger partial charge >= 0.3 is 0 Å². The van der Waals surface area contributed by atoms with Crippen molar-refractivity contribution in [3.05, 3.63) is 45.2 Å². The van der Waals surface area contributed by atoms with E-state index in [2.05, 4.69) is 31.2 Å². The van der Waals surface area contributed by atoms with Crippen molar-refractivity contribution in [2.24, 2.45) is 0 Å². The molecule has 4 N–H and O–H groups in total. The highest BCUT2D eigenvalue weighted by molar-refractivity contribution is 9.10. The summed E-state index contributed by atoms with van der Waals surface area (Å²) < 4.78 is 0.935. The second kappa shape index (κ2) is 6.77. The average Bonchev–Trinajstić information content (AvgIpc) is 2.40. The molecule has 0 saturated carbocycles. The van der Waals surface area contributed by atoms with Crippen LogP contribution in [-0.4, -0.2) is 21.1 Å². The molecule has 1 amide bonds. The number of nitrogens with one attached hydrogen (secondary N) is 2. The number of H-pyrrole nitrogens is 1. The van der Waals surface area contributed by atoms with E-state index in [-0.39, 0.29) is 17.3 Å². The molecule has 0 radical (unpaired) electrons. The molecule has 0 fully saturated rings. The fourth-order valence-corrected chi connectivity index (χ4v) is 2.59. The molecule has 8 heteroatoms. The number of aromatic amines is 1. The number of nitrogens with zero attached hydrogens (tertiary/aromatic N) is 1. The summed E-state index contributed by atoms with van der Waals surface area (Å²) in [4.78, 5) is 29.9. The zero-order valence-electron chi connectivity index (χ0n) is 11.1. The van der Waals surface area contributed by atoms with Crippen molar-refractivity contribution in [1.82, 2.24) is 9.97 Å². The van der Waals surface area contributed by atoms with Gasteiger partial charge in [0.05, 0.1) is 5.25 Å². The molecule has 0 saturated heterocycles. The zero-order valence-corrected chi connectivity index (χ0v) is 13.5. The van der Waals surface area contributed by atoms with E-state index >= 15 is 0 Å². The first-order chi connectivity index (χ1) is 9.94. The van der Waals surface area contributed by atoms with E-state index in [9.17, 15) is 9.59 Å². The number of rotatable bonds is 4. The van der Waals surface area contributed by atoms with Gasteiger partial charge in [0.1, 0.15) is 5.82 Å². The van der Waals surface area contributed by atoms with Crippen molar-refractivity contribution in [3.63, 3.8) is 0 Å². The van der Waals surface area contributed by atoms with Gasteiger partial charge in [-0.2, -0.15) is 0 Å². The van der Waals surface area contributed by atoms with Crippen LogP contribution in [0.4, 0.5) is 11.5 Å². The van der Waals surface area contributed by atoms with Gasteiger partial charge in [-0.1, -0.05) is 27.7 Å². The fraction of sp³-hybridized carbons (Fsp3) is 0.154. The smallest absolute Gasteiger partial charge is 0.253 e. The van der Waals surface area contributed by atoms with E-state index in [1.165, 1.54) is 6.07 Å². The van der Waals surface area contributed by atoms with Crippen molar-refractivity contribution in [2.75, 3.05) is 11.1 Å². The number of thioether (sulfide) groups is 1. The number of hydrogen-bond acceptors (Lipinski definition) is 5. The molecule has 21 heavy (non-hydrogen) atoms. The van der Waals surface area contributed by atoms with Crippen LogP contribution in [0.1, 0.15) is 6.92 Å². The lowest BCUT2D eigenvalue weighted by Gasteiger charge is -2.11. The molecule has 110 valence electrons. The summed E-state index contributed by atoms with van der Waals surface area (Å²) in [5.41, 5.74) is 5.86. The molecule has 0 aliphatic carbocycles. The zero-order chi connectivity index (χ0) is 15.4. The molecule has 1 aromatic heterocycles. The molecule has 1 heterocycles. The van der Waals surface area contributed by atoms with Gasteiger partial charge in [0.15, 0.2) is 5.16 Å². The summed E-state index contributed by atoms with van der Waals surface area (Å²) >= 11 is 4.46. The molecule has 0 aliphatic heterocycles. The Morgan fingerprint density at radius 3 is 2.71 bits per heavy atom. The Morgan fingerprint density at radius 1 is 1.43 bits per heavy atom. The number of carbonyl (C=O) groups is 1. The molecule has 1 atom stereocenters. The second-order valence-electron chi connectivity index (χ2n) is 4.23. The van der Waals surface area contributed by atoms with Gasteiger partial charge in [0, 0.05) is 16.2 Å². The first-order valence-corrected chi connectivity index (χ1v) is 7.71. The summed E-state index contributed by atoms with van der Waals surface area (Å²) in [5, 5.41) is 2.67. The maximum atomic E-state index is 12.1. The van der Waals surface area contributed by atoms with Gasteiger partial charge in [-0.3, -0.25) is 9.59 Å². The van der Waals surface area contributed by atoms with E-state index in [4.69, 9.17) is 5.73 Å². The third-order valence-electron chi connectivity index (χ3n) is 2.51. The molecule has 1 aromatic carbocycles. The molecular formula is C13H13BrN4O2S. The number of halogens is 1. The van der Waals surface area contributed by atoms with Gasteiger partial charge in [-0.05, 0) is 31.2 Å². The highest BCUT2D eigenvalue weighted by Crippen LogP contribution is 2.21. The van der Waals surface area contributed by atoms with Crippen LogP contribution in [0.3, 0.4) is 0 Å². The summed E-state index contributed by atoms with van der Waals surface area (Å²) in [6.07, 6.45) is 0. The largest absolute Gasteiger partial charge is 0.383 e. The molecule has 0 spiro atoms. The lowest BCUT2D eigenvalue weighted by Crippen LogP contribution is -2.23. The first kappa shape index (κ1) is 15.6. The number of benzene rings is 1. The number of carbonyl (C=O) groups excluding carboxylic acids is 1. The number of nitrogens with two attached hydrogens (primary N) is 1. The number of nitrogen functional groups attached to an aromatic ring is 1. The summed E-state index contributed by atoms with van der Waals surface area (Å²) in [7, 11) is 0. The Morgan fingerprint density at radius 2 is 2.10 bits per heavy atom. The highest BCUT2D eigenvalue weighted by atomic mass is 79.9. The predicted molar refractivity (Wildman–Crippen MR) is 87.4 cm³/mol. The van der Waals surface area contributed by atoms with E-state index < -0.39 is 5.25 Å². The van der Waals surface area contributed by atoms with Crippen molar-refractivity contribution >= 4 is 45.1 Å². The van der Waals surface area contributed by atoms with E-state index in [0.29, 0.717) is 10.8 Å². The molecule has 2 rings (SSSR count). The normalized spacial score (nSPS) is 11.9. The lowest BCUT2D eigenvalue weighted by molar-refractivity contribution is -0.115. The van der Waals surface area contributed by atoms with Crippen LogP contribution in [0.5, 0.6) is 0 Å². The van der Waals surface area contributed by atoms with Crippen LogP contribution in [0.25, 0.3) is 0 Å². The van der Waals surface area contributed by atoms with Gasteiger partial charge < -0.3 is 16.0 Å². The molecular weight excluding hydrogens is 356 g/mol. The molecule has 0 aliphatic rings. The Balaban J connectivity index is 2.02. The SMILES string of the molecule is CC(Sc1nc(N)cc(=O)[nH]1)C(=O)Nc1ccc(Br)cc1. The number of anilines is 2. The Kier molecular flexibility index (Phi) is 5.03. The van der Waals surface area contributed by atoms with E-state index in [1.807, 2.05) is 12.1 Å². The fourth-order valence-electron chi connectivity index (χ4n) is 1.51. The van der Waals surface area contributed by atoms with E-state index in [1.54, 1.807) is 19.1 Å². The van der Waals surface area contributed by atoms with Crippen LogP contribution >= 0.6 is 27.7 Å². The Hall–Kier alpha value is -1.80. The Labute approximate surface area is 133 Å². The van der Waals surface area contributed by atoms with Crippen LogP contribution in [0, 0.1) is 0 Å². The van der Waals surface area contributed by atoms with E-state index in [0.717, 1.165) is 16.2 Å². The monoisotopic (exact) mass is 368 g/mol. The summed E-state index contributed by atoms with van der Waals surface area (Å²) in [6, 6.07) is 8.45. The third kappa shape index (κ3) is 4.61. The third-order valence-corrected chi connectivity index (χ3v) is 4.02. The maximum Gasteiger partial charge on any atom is 0.253 e. The minimum atomic E-state index is -0.432.